The minimum absolute atomic E-state index is 0.677. The van der Waals surface area contributed by atoms with E-state index in [0.29, 0.717) is 5.92 Å². The Hall–Kier alpha value is -1.63. The zero-order valence-corrected chi connectivity index (χ0v) is 11.6. The van der Waals surface area contributed by atoms with Crippen molar-refractivity contribution in [2.24, 2.45) is 0 Å². The first-order valence-corrected chi connectivity index (χ1v) is 7.37. The third-order valence-electron chi connectivity index (χ3n) is 4.10. The Bertz CT molecular complexity index is 539. The number of aryl methyl sites for hydroxylation is 1. The molecule has 1 heteroatoms. The SMILES string of the molecule is Cc1cc(-c2ccccc2)cc(C2CCCCC2)n1. The van der Waals surface area contributed by atoms with Crippen LogP contribution in [0.4, 0.5) is 0 Å². The molecule has 19 heavy (non-hydrogen) atoms. The van der Waals surface area contributed by atoms with Crippen molar-refractivity contribution in [3.05, 3.63) is 53.9 Å². The van der Waals surface area contributed by atoms with Crippen molar-refractivity contribution in [2.45, 2.75) is 44.9 Å². The zero-order chi connectivity index (χ0) is 13.1. The molecule has 1 heterocycles. The third-order valence-corrected chi connectivity index (χ3v) is 4.10. The summed E-state index contributed by atoms with van der Waals surface area (Å²) in [6.45, 7) is 2.11. The van der Waals surface area contributed by atoms with Crippen molar-refractivity contribution in [3.63, 3.8) is 0 Å². The number of hydrogen-bond acceptors (Lipinski definition) is 1. The molecule has 1 saturated carbocycles. The van der Waals surface area contributed by atoms with Gasteiger partial charge in [-0.25, -0.2) is 0 Å². The Morgan fingerprint density at radius 2 is 1.63 bits per heavy atom. The Labute approximate surface area is 115 Å². The molecule has 0 radical (unpaired) electrons. The smallest absolute Gasteiger partial charge is 0.0443 e. The van der Waals surface area contributed by atoms with Gasteiger partial charge in [0.25, 0.3) is 0 Å². The van der Waals surface area contributed by atoms with Crippen LogP contribution in [0.2, 0.25) is 0 Å². The molecule has 2 aromatic rings. The molecular formula is C18H21N. The molecule has 0 aliphatic heterocycles. The fourth-order valence-corrected chi connectivity index (χ4v) is 3.10. The predicted octanol–water partition coefficient (Wildman–Crippen LogP) is 5.10. The highest BCUT2D eigenvalue weighted by Crippen LogP contribution is 2.33. The zero-order valence-electron chi connectivity index (χ0n) is 11.6. The lowest BCUT2D eigenvalue weighted by Gasteiger charge is -2.22. The molecule has 0 unspecified atom stereocenters. The summed E-state index contributed by atoms with van der Waals surface area (Å²) in [6.07, 6.45) is 6.74. The summed E-state index contributed by atoms with van der Waals surface area (Å²) in [7, 11) is 0. The number of hydrogen-bond donors (Lipinski definition) is 0. The minimum atomic E-state index is 0.677. The van der Waals surface area contributed by atoms with Crippen LogP contribution >= 0.6 is 0 Å². The molecular weight excluding hydrogens is 230 g/mol. The third kappa shape index (κ3) is 2.86. The largest absolute Gasteiger partial charge is 0.258 e. The maximum atomic E-state index is 4.78. The molecule has 1 aliphatic rings. The average Bonchev–Trinajstić information content (AvgIpc) is 2.48. The highest BCUT2D eigenvalue weighted by atomic mass is 14.7. The molecule has 1 nitrogen and oxygen atoms in total. The second-order valence-corrected chi connectivity index (χ2v) is 5.62. The van der Waals surface area contributed by atoms with Crippen molar-refractivity contribution >= 4 is 0 Å². The summed E-state index contributed by atoms with van der Waals surface area (Å²) in [5.41, 5.74) is 5.05. The maximum absolute atomic E-state index is 4.78. The van der Waals surface area contributed by atoms with Crippen molar-refractivity contribution in [1.29, 1.82) is 0 Å². The molecule has 0 saturated heterocycles. The van der Waals surface area contributed by atoms with Crippen LogP contribution in [0.15, 0.2) is 42.5 Å². The monoisotopic (exact) mass is 251 g/mol. The lowest BCUT2D eigenvalue weighted by atomic mass is 9.86. The van der Waals surface area contributed by atoms with E-state index in [9.17, 15) is 0 Å². The van der Waals surface area contributed by atoms with Crippen LogP contribution in [-0.2, 0) is 0 Å². The van der Waals surface area contributed by atoms with Crippen molar-refractivity contribution in [1.82, 2.24) is 4.98 Å². The fourth-order valence-electron chi connectivity index (χ4n) is 3.10. The molecule has 1 aromatic carbocycles. The summed E-state index contributed by atoms with van der Waals surface area (Å²) in [5.74, 6) is 0.677. The molecule has 98 valence electrons. The van der Waals surface area contributed by atoms with Gasteiger partial charge in [-0.3, -0.25) is 4.98 Å². The van der Waals surface area contributed by atoms with Gasteiger partial charge in [0.1, 0.15) is 0 Å². The van der Waals surface area contributed by atoms with Crippen molar-refractivity contribution in [2.75, 3.05) is 0 Å². The summed E-state index contributed by atoms with van der Waals surface area (Å²) in [5, 5.41) is 0. The number of nitrogens with zero attached hydrogens (tertiary/aromatic N) is 1. The molecule has 1 aromatic heterocycles. The van der Waals surface area contributed by atoms with Crippen molar-refractivity contribution in [3.8, 4) is 11.1 Å². The summed E-state index contributed by atoms with van der Waals surface area (Å²) in [6, 6.07) is 15.1. The van der Waals surface area contributed by atoms with Crippen molar-refractivity contribution < 1.29 is 0 Å². The van der Waals surface area contributed by atoms with Gasteiger partial charge < -0.3 is 0 Å². The van der Waals surface area contributed by atoms with Crippen LogP contribution in [0.3, 0.4) is 0 Å². The van der Waals surface area contributed by atoms with Crippen LogP contribution < -0.4 is 0 Å². The van der Waals surface area contributed by atoms with E-state index in [-0.39, 0.29) is 0 Å². The van der Waals surface area contributed by atoms with E-state index in [4.69, 9.17) is 4.98 Å². The van der Waals surface area contributed by atoms with Gasteiger partial charge in [0.15, 0.2) is 0 Å². The second kappa shape index (κ2) is 5.56. The van der Waals surface area contributed by atoms with E-state index in [2.05, 4.69) is 49.4 Å². The Morgan fingerprint density at radius 1 is 0.895 bits per heavy atom. The van der Waals surface area contributed by atoms with E-state index in [1.54, 1.807) is 0 Å². The number of pyridine rings is 1. The molecule has 1 aliphatic carbocycles. The second-order valence-electron chi connectivity index (χ2n) is 5.62. The molecule has 0 spiro atoms. The number of aromatic nitrogens is 1. The van der Waals surface area contributed by atoms with E-state index in [1.165, 1.54) is 48.9 Å². The van der Waals surface area contributed by atoms with E-state index in [0.717, 1.165) is 5.69 Å². The Morgan fingerprint density at radius 3 is 2.37 bits per heavy atom. The Kier molecular flexibility index (Phi) is 3.63. The van der Waals surface area contributed by atoms with E-state index >= 15 is 0 Å². The normalized spacial score (nSPS) is 16.5. The molecule has 3 rings (SSSR count). The van der Waals surface area contributed by atoms with Gasteiger partial charge in [0.2, 0.25) is 0 Å². The summed E-state index contributed by atoms with van der Waals surface area (Å²) < 4.78 is 0. The van der Waals surface area contributed by atoms with Gasteiger partial charge in [0.05, 0.1) is 0 Å². The molecule has 0 N–H and O–H groups in total. The topological polar surface area (TPSA) is 12.9 Å². The minimum Gasteiger partial charge on any atom is -0.258 e. The van der Waals surface area contributed by atoms with Crippen LogP contribution in [0.1, 0.15) is 49.4 Å². The maximum Gasteiger partial charge on any atom is 0.0443 e. The van der Waals surface area contributed by atoms with E-state index < -0.39 is 0 Å². The average molecular weight is 251 g/mol. The summed E-state index contributed by atoms with van der Waals surface area (Å²) in [4.78, 5) is 4.78. The first-order chi connectivity index (χ1) is 9.33. The lowest BCUT2D eigenvalue weighted by molar-refractivity contribution is 0.436. The van der Waals surface area contributed by atoms with Gasteiger partial charge in [-0.05, 0) is 43.0 Å². The quantitative estimate of drug-likeness (QED) is 0.723. The Balaban J connectivity index is 1.96. The molecule has 0 atom stereocenters. The number of rotatable bonds is 2. The van der Waals surface area contributed by atoms with E-state index in [1.807, 2.05) is 0 Å². The molecule has 1 fully saturated rings. The van der Waals surface area contributed by atoms with Crippen LogP contribution in [0.25, 0.3) is 11.1 Å². The van der Waals surface area contributed by atoms with Crippen LogP contribution in [0, 0.1) is 6.92 Å². The fraction of sp³-hybridized carbons (Fsp3) is 0.389. The summed E-state index contributed by atoms with van der Waals surface area (Å²) >= 11 is 0. The van der Waals surface area contributed by atoms with Crippen LogP contribution in [-0.4, -0.2) is 4.98 Å². The van der Waals surface area contributed by atoms with Gasteiger partial charge >= 0.3 is 0 Å². The number of benzene rings is 1. The first kappa shape index (κ1) is 12.4. The van der Waals surface area contributed by atoms with Gasteiger partial charge in [-0.15, -0.1) is 0 Å². The standard InChI is InChI=1S/C18H21N/c1-14-12-17(15-8-4-2-5-9-15)13-18(19-14)16-10-6-3-7-11-16/h2,4-5,8-9,12-13,16H,3,6-7,10-11H2,1H3. The van der Waals surface area contributed by atoms with Crippen LogP contribution in [0.5, 0.6) is 0 Å². The molecule has 0 amide bonds. The highest BCUT2D eigenvalue weighted by Gasteiger charge is 2.17. The van der Waals surface area contributed by atoms with Gasteiger partial charge in [-0.1, -0.05) is 49.6 Å². The van der Waals surface area contributed by atoms with Gasteiger partial charge in [-0.2, -0.15) is 0 Å². The molecule has 0 bridgehead atoms. The highest BCUT2D eigenvalue weighted by molar-refractivity contribution is 5.64. The van der Waals surface area contributed by atoms with Gasteiger partial charge in [0, 0.05) is 17.3 Å². The first-order valence-electron chi connectivity index (χ1n) is 7.37. The lowest BCUT2D eigenvalue weighted by Crippen LogP contribution is -2.07. The predicted molar refractivity (Wildman–Crippen MR) is 80.2 cm³/mol.